The number of hydrogen-bond acceptors (Lipinski definition) is 3. The largest absolute Gasteiger partial charge is 0.398 e. The van der Waals surface area contributed by atoms with Crippen LogP contribution in [0.15, 0.2) is 28.9 Å². The maximum absolute atomic E-state index is 12.2. The minimum absolute atomic E-state index is 0.207. The van der Waals surface area contributed by atoms with E-state index in [0.717, 1.165) is 17.8 Å². The van der Waals surface area contributed by atoms with Crippen molar-refractivity contribution in [2.45, 2.75) is 13.3 Å². The molecule has 0 radical (unpaired) electrons. The third kappa shape index (κ3) is 2.78. The van der Waals surface area contributed by atoms with Gasteiger partial charge in [-0.05, 0) is 34.5 Å². The summed E-state index contributed by atoms with van der Waals surface area (Å²) in [4.78, 5) is 12.2. The zero-order valence-electron chi connectivity index (χ0n) is 10.8. The van der Waals surface area contributed by atoms with Crippen molar-refractivity contribution in [2.75, 3.05) is 11.1 Å². The molecule has 1 amide bonds. The molecule has 5 nitrogen and oxygen atoms in total. The highest BCUT2D eigenvalue weighted by atomic mass is 79.9. The van der Waals surface area contributed by atoms with Crippen LogP contribution in [0.5, 0.6) is 0 Å². The fourth-order valence-corrected chi connectivity index (χ4v) is 2.26. The van der Waals surface area contributed by atoms with E-state index >= 15 is 0 Å². The van der Waals surface area contributed by atoms with E-state index in [1.807, 2.05) is 14.0 Å². The first-order valence-electron chi connectivity index (χ1n) is 5.90. The summed E-state index contributed by atoms with van der Waals surface area (Å²) in [6.07, 6.45) is 2.55. The van der Waals surface area contributed by atoms with Crippen LogP contribution >= 0.6 is 15.9 Å². The van der Waals surface area contributed by atoms with Crippen molar-refractivity contribution in [3.63, 3.8) is 0 Å². The van der Waals surface area contributed by atoms with Crippen molar-refractivity contribution in [2.24, 2.45) is 7.05 Å². The van der Waals surface area contributed by atoms with Crippen LogP contribution in [0.2, 0.25) is 0 Å². The van der Waals surface area contributed by atoms with Crippen molar-refractivity contribution in [3.05, 3.63) is 40.1 Å². The topological polar surface area (TPSA) is 72.9 Å². The van der Waals surface area contributed by atoms with E-state index in [2.05, 4.69) is 26.3 Å². The Hall–Kier alpha value is -1.82. The Morgan fingerprint density at radius 3 is 2.95 bits per heavy atom. The van der Waals surface area contributed by atoms with E-state index in [9.17, 15) is 4.79 Å². The highest BCUT2D eigenvalue weighted by molar-refractivity contribution is 9.10. The average molecular weight is 323 g/mol. The first kappa shape index (κ1) is 13.6. The molecule has 2 aromatic rings. The maximum Gasteiger partial charge on any atom is 0.256 e. The Morgan fingerprint density at radius 1 is 1.53 bits per heavy atom. The minimum Gasteiger partial charge on any atom is -0.398 e. The third-order valence-corrected chi connectivity index (χ3v) is 3.65. The monoisotopic (exact) mass is 322 g/mol. The predicted molar refractivity (Wildman–Crippen MR) is 79.1 cm³/mol. The standard InChI is InChI=1S/C13H15BrN4O/c1-3-10-11(7-18(2)17-10)16-13(19)8-5-4-6-9(15)12(8)14/h4-7H,3,15H2,1-2H3,(H,16,19). The summed E-state index contributed by atoms with van der Waals surface area (Å²) in [7, 11) is 1.82. The van der Waals surface area contributed by atoms with Gasteiger partial charge in [0, 0.05) is 18.9 Å². The number of nitrogens with zero attached hydrogens (tertiary/aromatic N) is 2. The molecule has 3 N–H and O–H groups in total. The summed E-state index contributed by atoms with van der Waals surface area (Å²) in [6.45, 7) is 1.99. The molecule has 1 aromatic carbocycles. The highest BCUT2D eigenvalue weighted by Gasteiger charge is 2.14. The fraction of sp³-hybridized carbons (Fsp3) is 0.231. The Balaban J connectivity index is 2.28. The molecule has 1 aromatic heterocycles. The molecule has 6 heteroatoms. The number of rotatable bonds is 3. The Labute approximate surface area is 119 Å². The average Bonchev–Trinajstić information content (AvgIpc) is 2.72. The van der Waals surface area contributed by atoms with Gasteiger partial charge in [0.2, 0.25) is 0 Å². The zero-order chi connectivity index (χ0) is 14.0. The quantitative estimate of drug-likeness (QED) is 0.853. The van der Waals surface area contributed by atoms with Crippen molar-refractivity contribution < 1.29 is 4.79 Å². The molecule has 0 saturated heterocycles. The number of carbonyl (C=O) groups is 1. The summed E-state index contributed by atoms with van der Waals surface area (Å²) < 4.78 is 2.29. The molecule has 0 spiro atoms. The smallest absolute Gasteiger partial charge is 0.256 e. The van der Waals surface area contributed by atoms with Gasteiger partial charge in [0.15, 0.2) is 0 Å². The first-order chi connectivity index (χ1) is 9.02. The molecule has 0 fully saturated rings. The predicted octanol–water partition coefficient (Wildman–Crippen LogP) is 2.58. The lowest BCUT2D eigenvalue weighted by molar-refractivity contribution is 0.102. The normalized spacial score (nSPS) is 10.5. The highest BCUT2D eigenvalue weighted by Crippen LogP contribution is 2.25. The minimum atomic E-state index is -0.207. The van der Waals surface area contributed by atoms with Gasteiger partial charge in [-0.3, -0.25) is 9.48 Å². The molecule has 100 valence electrons. The number of nitrogens with one attached hydrogen (secondary N) is 1. The number of benzene rings is 1. The van der Waals surface area contributed by atoms with E-state index in [1.54, 1.807) is 29.1 Å². The lowest BCUT2D eigenvalue weighted by Gasteiger charge is -2.07. The molecule has 2 rings (SSSR count). The summed E-state index contributed by atoms with van der Waals surface area (Å²) in [5, 5.41) is 7.14. The SMILES string of the molecule is CCc1nn(C)cc1NC(=O)c1cccc(N)c1Br. The first-order valence-corrected chi connectivity index (χ1v) is 6.70. The third-order valence-electron chi connectivity index (χ3n) is 2.76. The van der Waals surface area contributed by atoms with Gasteiger partial charge in [0.1, 0.15) is 0 Å². The number of nitrogens with two attached hydrogens (primary N) is 1. The second-order valence-corrected chi connectivity index (χ2v) is 4.97. The molecule has 1 heterocycles. The Kier molecular flexibility index (Phi) is 3.90. The van der Waals surface area contributed by atoms with Crippen LogP contribution < -0.4 is 11.1 Å². The van der Waals surface area contributed by atoms with Crippen LogP contribution in [0.3, 0.4) is 0 Å². The molecule has 19 heavy (non-hydrogen) atoms. The van der Waals surface area contributed by atoms with Gasteiger partial charge in [0.25, 0.3) is 5.91 Å². The van der Waals surface area contributed by atoms with E-state index < -0.39 is 0 Å². The van der Waals surface area contributed by atoms with Gasteiger partial charge < -0.3 is 11.1 Å². The van der Waals surface area contributed by atoms with Crippen LogP contribution in [0, 0.1) is 0 Å². The van der Waals surface area contributed by atoms with Gasteiger partial charge >= 0.3 is 0 Å². The number of nitrogen functional groups attached to an aromatic ring is 1. The lowest BCUT2D eigenvalue weighted by Crippen LogP contribution is -2.13. The molecule has 0 atom stereocenters. The number of hydrogen-bond donors (Lipinski definition) is 2. The molecule has 0 aliphatic carbocycles. The number of carbonyl (C=O) groups excluding carboxylic acids is 1. The van der Waals surface area contributed by atoms with E-state index in [0.29, 0.717) is 15.7 Å². The van der Waals surface area contributed by atoms with Crippen LogP contribution in [-0.2, 0) is 13.5 Å². The molecule has 0 unspecified atom stereocenters. The molecule has 0 saturated carbocycles. The summed E-state index contributed by atoms with van der Waals surface area (Å²) in [5.74, 6) is -0.207. The van der Waals surface area contributed by atoms with E-state index in [1.165, 1.54) is 0 Å². The van der Waals surface area contributed by atoms with E-state index in [-0.39, 0.29) is 5.91 Å². The second kappa shape index (κ2) is 5.44. The molecule has 0 aliphatic rings. The number of aromatic nitrogens is 2. The molecule has 0 aliphatic heterocycles. The van der Waals surface area contributed by atoms with Crippen LogP contribution in [0.4, 0.5) is 11.4 Å². The lowest BCUT2D eigenvalue weighted by atomic mass is 10.2. The van der Waals surface area contributed by atoms with E-state index in [4.69, 9.17) is 5.73 Å². The number of halogens is 1. The van der Waals surface area contributed by atoms with Crippen molar-refractivity contribution >= 4 is 33.2 Å². The number of aryl methyl sites for hydroxylation is 2. The maximum atomic E-state index is 12.2. The van der Waals surface area contributed by atoms with Crippen molar-refractivity contribution in [1.82, 2.24) is 9.78 Å². The molecular formula is C13H15BrN4O. The van der Waals surface area contributed by atoms with Gasteiger partial charge in [-0.15, -0.1) is 0 Å². The zero-order valence-corrected chi connectivity index (χ0v) is 12.4. The second-order valence-electron chi connectivity index (χ2n) is 4.18. The Bertz CT molecular complexity index is 621. The summed E-state index contributed by atoms with van der Waals surface area (Å²) >= 11 is 3.33. The summed E-state index contributed by atoms with van der Waals surface area (Å²) in [6, 6.07) is 5.21. The van der Waals surface area contributed by atoms with Crippen molar-refractivity contribution in [1.29, 1.82) is 0 Å². The van der Waals surface area contributed by atoms with Gasteiger partial charge in [-0.25, -0.2) is 0 Å². The molecular weight excluding hydrogens is 308 g/mol. The fourth-order valence-electron chi connectivity index (χ4n) is 1.81. The van der Waals surface area contributed by atoms with Gasteiger partial charge in [-0.1, -0.05) is 13.0 Å². The van der Waals surface area contributed by atoms with Crippen LogP contribution in [0.1, 0.15) is 23.0 Å². The Morgan fingerprint density at radius 2 is 2.26 bits per heavy atom. The van der Waals surface area contributed by atoms with Crippen LogP contribution in [-0.4, -0.2) is 15.7 Å². The number of amides is 1. The molecule has 0 bridgehead atoms. The van der Waals surface area contributed by atoms with Crippen molar-refractivity contribution in [3.8, 4) is 0 Å². The number of anilines is 2. The van der Waals surface area contributed by atoms with Gasteiger partial charge in [-0.2, -0.15) is 5.10 Å². The van der Waals surface area contributed by atoms with Gasteiger partial charge in [0.05, 0.1) is 21.4 Å². The summed E-state index contributed by atoms with van der Waals surface area (Å²) in [5.41, 5.74) is 8.39. The van der Waals surface area contributed by atoms with Crippen LogP contribution in [0.25, 0.3) is 0 Å².